The van der Waals surface area contributed by atoms with E-state index in [1.54, 1.807) is 0 Å². The second-order valence-corrected chi connectivity index (χ2v) is 6.30. The lowest BCUT2D eigenvalue weighted by Gasteiger charge is -2.28. The van der Waals surface area contributed by atoms with E-state index in [0.29, 0.717) is 0 Å². The molecule has 1 aromatic heterocycles. The number of hydrogen-bond acceptors (Lipinski definition) is 2. The van der Waals surface area contributed by atoms with Crippen LogP contribution in [0, 0.1) is 11.8 Å². The summed E-state index contributed by atoms with van der Waals surface area (Å²) in [6.07, 6.45) is 11.7. The van der Waals surface area contributed by atoms with E-state index in [2.05, 4.69) is 27.6 Å². The second kappa shape index (κ2) is 11.7. The minimum Gasteiger partial charge on any atom is -0.356 e. The van der Waals surface area contributed by atoms with E-state index >= 15 is 0 Å². The minimum atomic E-state index is 0. The van der Waals surface area contributed by atoms with Gasteiger partial charge in [-0.05, 0) is 37.2 Å². The first-order valence-electron chi connectivity index (χ1n) is 8.73. The molecule has 0 spiro atoms. The summed E-state index contributed by atoms with van der Waals surface area (Å²) in [6.45, 7) is 5.23. The molecular formula is C17H32IN5. The number of guanidine groups is 1. The van der Waals surface area contributed by atoms with Gasteiger partial charge >= 0.3 is 0 Å². The van der Waals surface area contributed by atoms with Crippen molar-refractivity contribution in [2.75, 3.05) is 20.1 Å². The van der Waals surface area contributed by atoms with Gasteiger partial charge in [0.2, 0.25) is 0 Å². The molecule has 0 amide bonds. The largest absolute Gasteiger partial charge is 0.356 e. The van der Waals surface area contributed by atoms with Crippen LogP contribution < -0.4 is 10.6 Å². The molecule has 0 aromatic carbocycles. The topological polar surface area (TPSA) is 54.2 Å². The summed E-state index contributed by atoms with van der Waals surface area (Å²) >= 11 is 0. The third kappa shape index (κ3) is 7.54. The summed E-state index contributed by atoms with van der Waals surface area (Å²) in [4.78, 5) is 4.31. The fourth-order valence-electron chi connectivity index (χ4n) is 3.19. The van der Waals surface area contributed by atoms with Crippen molar-refractivity contribution < 1.29 is 0 Å². The molecule has 1 aromatic rings. The van der Waals surface area contributed by atoms with Gasteiger partial charge in [0.05, 0.1) is 0 Å². The summed E-state index contributed by atoms with van der Waals surface area (Å²) < 4.78 is 1.96. The van der Waals surface area contributed by atoms with Gasteiger partial charge in [0.1, 0.15) is 0 Å². The van der Waals surface area contributed by atoms with Gasteiger partial charge in [0, 0.05) is 39.1 Å². The van der Waals surface area contributed by atoms with Crippen LogP contribution in [0.2, 0.25) is 0 Å². The van der Waals surface area contributed by atoms with Crippen LogP contribution in [0.3, 0.4) is 0 Å². The first-order valence-corrected chi connectivity index (χ1v) is 8.73. The van der Waals surface area contributed by atoms with Gasteiger partial charge < -0.3 is 10.6 Å². The Balaban J connectivity index is 0.00000264. The standard InChI is InChI=1S/C17H31N5.HI/c1-3-15-6-8-16(9-7-15)14-20-17(18-2)19-10-4-12-22-13-5-11-21-22;/h5,11,13,15-16H,3-4,6-10,12,14H2,1-2H3,(H2,18,19,20);1H. The normalized spacial score (nSPS) is 21.6. The fraction of sp³-hybridized carbons (Fsp3) is 0.765. The number of hydrogen-bond donors (Lipinski definition) is 2. The highest BCUT2D eigenvalue weighted by atomic mass is 127. The monoisotopic (exact) mass is 433 g/mol. The van der Waals surface area contributed by atoms with Crippen LogP contribution in [-0.4, -0.2) is 35.9 Å². The third-order valence-electron chi connectivity index (χ3n) is 4.74. The summed E-state index contributed by atoms with van der Waals surface area (Å²) in [5.74, 6) is 2.71. The van der Waals surface area contributed by atoms with E-state index in [4.69, 9.17) is 0 Å². The lowest BCUT2D eigenvalue weighted by Crippen LogP contribution is -2.40. The molecule has 0 aliphatic heterocycles. The molecule has 0 unspecified atom stereocenters. The Labute approximate surface area is 157 Å². The number of nitrogens with zero attached hydrogens (tertiary/aromatic N) is 3. The molecule has 0 atom stereocenters. The number of halogens is 1. The van der Waals surface area contributed by atoms with E-state index in [0.717, 1.165) is 43.9 Å². The zero-order valence-corrected chi connectivity index (χ0v) is 16.8. The lowest BCUT2D eigenvalue weighted by molar-refractivity contribution is 0.269. The predicted octanol–water partition coefficient (Wildman–Crippen LogP) is 3.27. The number of aryl methyl sites for hydroxylation is 1. The number of aliphatic imine (C=N–C) groups is 1. The molecule has 0 saturated heterocycles. The van der Waals surface area contributed by atoms with E-state index in [9.17, 15) is 0 Å². The molecule has 23 heavy (non-hydrogen) atoms. The molecule has 1 fully saturated rings. The minimum absolute atomic E-state index is 0. The molecule has 2 rings (SSSR count). The maximum absolute atomic E-state index is 4.31. The van der Waals surface area contributed by atoms with Crippen molar-refractivity contribution in [3.63, 3.8) is 0 Å². The number of nitrogens with one attached hydrogen (secondary N) is 2. The van der Waals surface area contributed by atoms with Gasteiger partial charge in [-0.3, -0.25) is 9.67 Å². The van der Waals surface area contributed by atoms with Gasteiger partial charge in [0.25, 0.3) is 0 Å². The lowest BCUT2D eigenvalue weighted by atomic mass is 9.81. The Bertz CT molecular complexity index is 424. The van der Waals surface area contributed by atoms with Crippen molar-refractivity contribution in [1.29, 1.82) is 0 Å². The number of aromatic nitrogens is 2. The first-order chi connectivity index (χ1) is 10.8. The Morgan fingerprint density at radius 3 is 2.57 bits per heavy atom. The van der Waals surface area contributed by atoms with Gasteiger partial charge in [-0.25, -0.2) is 0 Å². The van der Waals surface area contributed by atoms with Crippen LogP contribution in [0.5, 0.6) is 0 Å². The maximum Gasteiger partial charge on any atom is 0.190 e. The van der Waals surface area contributed by atoms with E-state index < -0.39 is 0 Å². The van der Waals surface area contributed by atoms with Crippen LogP contribution in [0.4, 0.5) is 0 Å². The van der Waals surface area contributed by atoms with Crippen LogP contribution in [0.15, 0.2) is 23.5 Å². The summed E-state index contributed by atoms with van der Waals surface area (Å²) in [5, 5.41) is 11.1. The van der Waals surface area contributed by atoms with Crippen molar-refractivity contribution in [3.05, 3.63) is 18.5 Å². The fourth-order valence-corrected chi connectivity index (χ4v) is 3.19. The molecule has 1 heterocycles. The van der Waals surface area contributed by atoms with Gasteiger partial charge in [-0.2, -0.15) is 5.10 Å². The van der Waals surface area contributed by atoms with E-state index in [1.165, 1.54) is 32.1 Å². The van der Waals surface area contributed by atoms with E-state index in [1.807, 2.05) is 30.2 Å². The Morgan fingerprint density at radius 2 is 1.96 bits per heavy atom. The summed E-state index contributed by atoms with van der Waals surface area (Å²) in [7, 11) is 1.84. The van der Waals surface area contributed by atoms with Crippen molar-refractivity contribution in [1.82, 2.24) is 20.4 Å². The Morgan fingerprint density at radius 1 is 1.22 bits per heavy atom. The highest BCUT2D eigenvalue weighted by Crippen LogP contribution is 2.29. The maximum atomic E-state index is 4.31. The van der Waals surface area contributed by atoms with Crippen LogP contribution in [-0.2, 0) is 6.54 Å². The molecule has 5 nitrogen and oxygen atoms in total. The first kappa shape index (κ1) is 20.3. The quantitative estimate of drug-likeness (QED) is 0.300. The molecule has 1 saturated carbocycles. The molecular weight excluding hydrogens is 401 g/mol. The molecule has 132 valence electrons. The zero-order valence-electron chi connectivity index (χ0n) is 14.5. The van der Waals surface area contributed by atoms with Gasteiger partial charge in [-0.1, -0.05) is 26.2 Å². The van der Waals surface area contributed by atoms with Crippen molar-refractivity contribution in [2.45, 2.75) is 52.0 Å². The third-order valence-corrected chi connectivity index (χ3v) is 4.74. The van der Waals surface area contributed by atoms with Crippen molar-refractivity contribution in [2.24, 2.45) is 16.8 Å². The summed E-state index contributed by atoms with van der Waals surface area (Å²) in [5.41, 5.74) is 0. The van der Waals surface area contributed by atoms with Crippen LogP contribution in [0.1, 0.15) is 45.4 Å². The van der Waals surface area contributed by atoms with Crippen LogP contribution in [0.25, 0.3) is 0 Å². The highest BCUT2D eigenvalue weighted by molar-refractivity contribution is 14.0. The SMILES string of the molecule is CCC1CCC(CNC(=NC)NCCCn2cccn2)CC1.I. The highest BCUT2D eigenvalue weighted by Gasteiger charge is 2.19. The molecule has 0 radical (unpaired) electrons. The smallest absolute Gasteiger partial charge is 0.190 e. The van der Waals surface area contributed by atoms with E-state index in [-0.39, 0.29) is 24.0 Å². The number of rotatable bonds is 7. The van der Waals surface area contributed by atoms with Crippen molar-refractivity contribution >= 4 is 29.9 Å². The average molecular weight is 433 g/mol. The molecule has 6 heteroatoms. The molecule has 1 aliphatic rings. The summed E-state index contributed by atoms with van der Waals surface area (Å²) in [6, 6.07) is 1.96. The van der Waals surface area contributed by atoms with Gasteiger partial charge in [0.15, 0.2) is 5.96 Å². The average Bonchev–Trinajstić information content (AvgIpc) is 3.08. The van der Waals surface area contributed by atoms with Crippen LogP contribution >= 0.6 is 24.0 Å². The van der Waals surface area contributed by atoms with Crippen molar-refractivity contribution in [3.8, 4) is 0 Å². The van der Waals surface area contributed by atoms with Gasteiger partial charge in [-0.15, -0.1) is 24.0 Å². The Kier molecular flexibility index (Phi) is 10.3. The predicted molar refractivity (Wildman–Crippen MR) is 107 cm³/mol. The molecule has 0 bridgehead atoms. The Hall–Kier alpha value is -0.790. The molecule has 2 N–H and O–H groups in total. The second-order valence-electron chi connectivity index (χ2n) is 6.30. The molecule has 1 aliphatic carbocycles. The zero-order chi connectivity index (χ0) is 15.6.